The molecule has 0 aromatic heterocycles. The van der Waals surface area contributed by atoms with Gasteiger partial charge in [-0.3, -0.25) is 14.5 Å². The van der Waals surface area contributed by atoms with Crippen molar-refractivity contribution in [3.8, 4) is 0 Å². The minimum absolute atomic E-state index is 0.275. The number of fused-ring (bicyclic) bond motifs is 1. The zero-order valence-electron chi connectivity index (χ0n) is 26.1. The molecular formula is C40H34N2O4PS+. The third kappa shape index (κ3) is 5.85. The summed E-state index contributed by atoms with van der Waals surface area (Å²) < 4.78 is 6.44. The van der Waals surface area contributed by atoms with Crippen molar-refractivity contribution in [2.75, 3.05) is 11.9 Å². The summed E-state index contributed by atoms with van der Waals surface area (Å²) in [6.45, 7) is 0. The average Bonchev–Trinajstić information content (AvgIpc) is 3.16. The Hall–Kier alpha value is -4.97. The molecule has 0 spiro atoms. The highest BCUT2D eigenvalue weighted by atomic mass is 32.2. The van der Waals surface area contributed by atoms with Gasteiger partial charge in [0.15, 0.2) is 6.10 Å². The van der Waals surface area contributed by atoms with Gasteiger partial charge in [0, 0.05) is 11.3 Å². The molecule has 1 saturated heterocycles. The molecule has 2 aliphatic rings. The van der Waals surface area contributed by atoms with Crippen LogP contribution in [0, 0.1) is 0 Å². The fraction of sp³-hybridized carbons (Fsp3) is 0.125. The molecule has 0 aliphatic carbocycles. The third-order valence-corrected chi connectivity index (χ3v) is 14.7. The van der Waals surface area contributed by atoms with Crippen LogP contribution in [0.1, 0.15) is 17.2 Å². The molecule has 48 heavy (non-hydrogen) atoms. The van der Waals surface area contributed by atoms with E-state index in [1.54, 1.807) is 16.7 Å². The number of carbonyl (C=O) groups excluding carboxylic acids is 3. The van der Waals surface area contributed by atoms with E-state index in [0.29, 0.717) is 18.3 Å². The topological polar surface area (TPSA) is 75.7 Å². The summed E-state index contributed by atoms with van der Waals surface area (Å²) in [5.41, 5.74) is 2.78. The van der Waals surface area contributed by atoms with Crippen LogP contribution in [0.4, 0.5) is 0 Å². The predicted molar refractivity (Wildman–Crippen MR) is 194 cm³/mol. The maximum absolute atomic E-state index is 14.7. The minimum atomic E-state index is -2.41. The quantitative estimate of drug-likeness (QED) is 0.0859. The minimum Gasteiger partial charge on any atom is -0.448 e. The van der Waals surface area contributed by atoms with Crippen molar-refractivity contribution in [3.05, 3.63) is 174 Å². The number of hydrogen-bond donors (Lipinski definition) is 1. The summed E-state index contributed by atoms with van der Waals surface area (Å²) in [6, 6.07) is 50.0. The van der Waals surface area contributed by atoms with E-state index in [-0.39, 0.29) is 11.6 Å². The van der Waals surface area contributed by atoms with Crippen molar-refractivity contribution in [1.82, 2.24) is 10.2 Å². The highest BCUT2D eigenvalue weighted by molar-refractivity contribution is 8.00. The first-order valence-corrected chi connectivity index (χ1v) is 18.9. The molecular weight excluding hydrogens is 635 g/mol. The molecule has 2 aliphatic heterocycles. The van der Waals surface area contributed by atoms with Crippen LogP contribution in [-0.4, -0.2) is 46.5 Å². The molecule has 8 heteroatoms. The van der Waals surface area contributed by atoms with Crippen LogP contribution in [0.25, 0.3) is 0 Å². The maximum atomic E-state index is 14.7. The van der Waals surface area contributed by atoms with Crippen molar-refractivity contribution in [3.63, 3.8) is 0 Å². The average molecular weight is 670 g/mol. The zero-order chi connectivity index (χ0) is 32.9. The largest absolute Gasteiger partial charge is 0.448 e. The second kappa shape index (κ2) is 14.0. The van der Waals surface area contributed by atoms with Crippen LogP contribution in [0.3, 0.4) is 0 Å². The van der Waals surface area contributed by atoms with E-state index in [2.05, 4.69) is 78.1 Å². The lowest BCUT2D eigenvalue weighted by Crippen LogP contribution is -2.69. The van der Waals surface area contributed by atoms with Gasteiger partial charge in [0.25, 0.3) is 5.91 Å². The van der Waals surface area contributed by atoms with Crippen molar-refractivity contribution < 1.29 is 19.1 Å². The summed E-state index contributed by atoms with van der Waals surface area (Å²) in [4.78, 5) is 41.4. The number of rotatable bonds is 11. The van der Waals surface area contributed by atoms with Crippen molar-refractivity contribution in [2.45, 2.75) is 17.5 Å². The normalized spacial score (nSPS) is 17.4. The highest BCUT2D eigenvalue weighted by Gasteiger charge is 2.56. The molecule has 1 fully saturated rings. The summed E-state index contributed by atoms with van der Waals surface area (Å²) in [6.07, 6.45) is 0.403. The summed E-state index contributed by atoms with van der Waals surface area (Å²) >= 11 is 1.57. The van der Waals surface area contributed by atoms with Crippen LogP contribution in [0.2, 0.25) is 0 Å². The van der Waals surface area contributed by atoms with Crippen molar-refractivity contribution >= 4 is 53.2 Å². The molecule has 0 unspecified atom stereocenters. The van der Waals surface area contributed by atoms with Crippen LogP contribution in [0.15, 0.2) is 163 Å². The van der Waals surface area contributed by atoms with Crippen LogP contribution >= 0.6 is 19.0 Å². The number of nitrogens with zero attached hydrogens (tertiary/aromatic N) is 1. The monoisotopic (exact) mass is 669 g/mol. The van der Waals surface area contributed by atoms with E-state index in [0.717, 1.165) is 16.7 Å². The number of esters is 1. The third-order valence-electron chi connectivity index (χ3n) is 8.94. The summed E-state index contributed by atoms with van der Waals surface area (Å²) in [5.74, 6) is -0.369. The van der Waals surface area contributed by atoms with E-state index in [4.69, 9.17) is 4.74 Å². The SMILES string of the molecule is O=CN[C@@H]1C(=O)N2C(C(=O)OC(c3ccccc3)c3ccccc3)=C(C[P+](c3ccccc3)(c3ccccc3)c3ccccc3)CS[C@H]12. The Morgan fingerprint density at radius 2 is 1.19 bits per heavy atom. The Labute approximate surface area is 285 Å². The van der Waals surface area contributed by atoms with Gasteiger partial charge in [-0.1, -0.05) is 115 Å². The molecule has 7 rings (SSSR count). The van der Waals surface area contributed by atoms with Crippen molar-refractivity contribution in [2.24, 2.45) is 0 Å². The van der Waals surface area contributed by atoms with E-state index in [9.17, 15) is 14.4 Å². The Morgan fingerprint density at radius 3 is 1.62 bits per heavy atom. The Kier molecular flexibility index (Phi) is 9.24. The van der Waals surface area contributed by atoms with Crippen molar-refractivity contribution in [1.29, 1.82) is 0 Å². The van der Waals surface area contributed by atoms with Gasteiger partial charge in [-0.05, 0) is 47.5 Å². The first-order chi connectivity index (χ1) is 23.6. The molecule has 5 aromatic rings. The highest BCUT2D eigenvalue weighted by Crippen LogP contribution is 2.58. The van der Waals surface area contributed by atoms with Crippen LogP contribution in [0.5, 0.6) is 0 Å². The number of hydrogen-bond acceptors (Lipinski definition) is 5. The molecule has 2 atom stereocenters. The van der Waals surface area contributed by atoms with E-state index >= 15 is 0 Å². The molecule has 6 nitrogen and oxygen atoms in total. The fourth-order valence-corrected chi connectivity index (χ4v) is 12.5. The number of benzene rings is 5. The molecule has 238 valence electrons. The summed E-state index contributed by atoms with van der Waals surface area (Å²) in [7, 11) is -2.41. The number of nitrogens with one attached hydrogen (secondary N) is 1. The lowest BCUT2D eigenvalue weighted by atomic mass is 10.0. The standard InChI is InChI=1S/C40H33N2O4PS/c43-28-41-35-38(44)42-36(40(45)46-37(29-16-6-1-7-17-29)30-18-8-2-9-19-30)31(27-48-39(35)42)26-47(32-20-10-3-11-21-32,33-22-12-4-13-23-33)34-24-14-5-15-25-34/h1-25,28,35,37,39H,26-27H2/p+1/t35-,39-/m1/s1. The molecule has 2 heterocycles. The number of ether oxygens (including phenoxy) is 1. The zero-order valence-corrected chi connectivity index (χ0v) is 27.8. The number of amides is 2. The van der Waals surface area contributed by atoms with Gasteiger partial charge in [-0.2, -0.15) is 0 Å². The molecule has 0 saturated carbocycles. The molecule has 1 N–H and O–H groups in total. The predicted octanol–water partition coefficient (Wildman–Crippen LogP) is 5.60. The van der Waals surface area contributed by atoms with Gasteiger partial charge < -0.3 is 10.1 Å². The molecule has 5 aromatic carbocycles. The smallest absolute Gasteiger partial charge is 0.356 e. The van der Waals surface area contributed by atoms with Crippen LogP contribution < -0.4 is 21.2 Å². The summed E-state index contributed by atoms with van der Waals surface area (Å²) in [5, 5.41) is 5.79. The van der Waals surface area contributed by atoms with Gasteiger partial charge in [0.1, 0.15) is 40.3 Å². The first-order valence-electron chi connectivity index (χ1n) is 15.8. The van der Waals surface area contributed by atoms with E-state index in [1.165, 1.54) is 15.9 Å². The van der Waals surface area contributed by atoms with E-state index < -0.39 is 30.8 Å². The molecule has 2 amide bonds. The lowest BCUT2D eigenvalue weighted by molar-refractivity contribution is -0.154. The fourth-order valence-electron chi connectivity index (χ4n) is 6.69. The Bertz CT molecular complexity index is 1790. The van der Waals surface area contributed by atoms with Gasteiger partial charge in [-0.15, -0.1) is 11.8 Å². The Morgan fingerprint density at radius 1 is 0.750 bits per heavy atom. The van der Waals surface area contributed by atoms with Gasteiger partial charge >= 0.3 is 5.97 Å². The number of carbonyl (C=O) groups is 3. The lowest BCUT2D eigenvalue weighted by Gasteiger charge is -2.49. The first kappa shape index (κ1) is 31.6. The van der Waals surface area contributed by atoms with Gasteiger partial charge in [-0.25, -0.2) is 4.79 Å². The maximum Gasteiger partial charge on any atom is 0.356 e. The number of thioether (sulfide) groups is 1. The Balaban J connectivity index is 1.40. The van der Waals surface area contributed by atoms with Gasteiger partial charge in [0.05, 0.1) is 6.16 Å². The molecule has 0 bridgehead atoms. The second-order valence-corrected chi connectivity index (χ2v) is 16.3. The van der Waals surface area contributed by atoms with Crippen LogP contribution in [-0.2, 0) is 19.1 Å². The number of β-lactam (4-membered cyclic amide) rings is 1. The van der Waals surface area contributed by atoms with Gasteiger partial charge in [0.2, 0.25) is 6.41 Å². The van der Waals surface area contributed by atoms with E-state index in [1.807, 2.05) is 78.9 Å². The molecule has 0 radical (unpaired) electrons. The second-order valence-electron chi connectivity index (χ2n) is 11.7.